The first-order valence-corrected chi connectivity index (χ1v) is 6.61. The number of benzene rings is 1. The van der Waals surface area contributed by atoms with E-state index < -0.39 is 0 Å². The van der Waals surface area contributed by atoms with Crippen molar-refractivity contribution in [2.45, 2.75) is 45.2 Å². The SMILES string of the molecule is CC(C)(C)N=C=O.Fc1ccc(F)c(C2CCCN2)c1. The van der Waals surface area contributed by atoms with Crippen LogP contribution < -0.4 is 5.32 Å². The Balaban J connectivity index is 0.000000246. The van der Waals surface area contributed by atoms with Crippen molar-refractivity contribution in [2.24, 2.45) is 4.99 Å². The van der Waals surface area contributed by atoms with Crippen LogP contribution in [0.3, 0.4) is 0 Å². The van der Waals surface area contributed by atoms with Gasteiger partial charge in [0.05, 0.1) is 5.54 Å². The first-order chi connectivity index (χ1) is 9.33. The van der Waals surface area contributed by atoms with Gasteiger partial charge in [-0.1, -0.05) is 0 Å². The van der Waals surface area contributed by atoms with E-state index in [-0.39, 0.29) is 23.2 Å². The van der Waals surface area contributed by atoms with E-state index in [9.17, 15) is 13.6 Å². The molecule has 1 aliphatic rings. The number of nitrogens with zero attached hydrogens (tertiary/aromatic N) is 1. The molecule has 1 saturated heterocycles. The van der Waals surface area contributed by atoms with Crippen molar-refractivity contribution in [2.75, 3.05) is 6.54 Å². The summed E-state index contributed by atoms with van der Waals surface area (Å²) in [6.45, 7) is 6.42. The molecule has 0 aromatic heterocycles. The minimum atomic E-state index is -0.370. The van der Waals surface area contributed by atoms with Gasteiger partial charge in [-0.2, -0.15) is 0 Å². The van der Waals surface area contributed by atoms with E-state index in [0.717, 1.165) is 25.5 Å². The number of isocyanates is 1. The summed E-state index contributed by atoms with van der Waals surface area (Å²) < 4.78 is 26.0. The van der Waals surface area contributed by atoms with Gasteiger partial charge in [-0.3, -0.25) is 0 Å². The monoisotopic (exact) mass is 282 g/mol. The average molecular weight is 282 g/mol. The van der Waals surface area contributed by atoms with Gasteiger partial charge in [0, 0.05) is 11.6 Å². The smallest absolute Gasteiger partial charge is 0.235 e. The quantitative estimate of drug-likeness (QED) is 0.632. The number of nitrogens with one attached hydrogen (secondary N) is 1. The van der Waals surface area contributed by atoms with Gasteiger partial charge in [0.15, 0.2) is 0 Å². The lowest BCUT2D eigenvalue weighted by atomic mass is 10.0. The standard InChI is InChI=1S/C10H11F2N.C5H9NO/c11-7-3-4-9(12)8(6-7)10-2-1-5-13-10;1-5(2,3)6-4-7/h3-4,6,10,13H,1-2,5H2;1-3H3. The number of hydrogen-bond acceptors (Lipinski definition) is 3. The summed E-state index contributed by atoms with van der Waals surface area (Å²) in [6.07, 6.45) is 3.40. The number of carbonyl (C=O) groups excluding carboxylic acids is 1. The highest BCUT2D eigenvalue weighted by Crippen LogP contribution is 2.25. The van der Waals surface area contributed by atoms with Gasteiger partial charge in [-0.05, 0) is 58.4 Å². The molecule has 3 nitrogen and oxygen atoms in total. The Bertz CT molecular complexity index is 485. The van der Waals surface area contributed by atoms with E-state index in [1.807, 2.05) is 20.8 Å². The van der Waals surface area contributed by atoms with Crippen molar-refractivity contribution >= 4 is 6.08 Å². The van der Waals surface area contributed by atoms with Gasteiger partial charge in [0.2, 0.25) is 6.08 Å². The zero-order chi connectivity index (χ0) is 15.2. The molecule has 0 spiro atoms. The molecule has 2 rings (SSSR count). The first-order valence-electron chi connectivity index (χ1n) is 6.61. The Kier molecular flexibility index (Phi) is 5.99. The van der Waals surface area contributed by atoms with Gasteiger partial charge >= 0.3 is 0 Å². The molecule has 0 saturated carbocycles. The molecule has 1 fully saturated rings. The summed E-state index contributed by atoms with van der Waals surface area (Å²) in [7, 11) is 0. The van der Waals surface area contributed by atoms with Gasteiger partial charge in [-0.25, -0.2) is 18.6 Å². The molecule has 1 aliphatic heterocycles. The molecular weight excluding hydrogens is 262 g/mol. The van der Waals surface area contributed by atoms with Crippen LogP contribution in [0.2, 0.25) is 0 Å². The highest BCUT2D eigenvalue weighted by molar-refractivity contribution is 5.34. The normalized spacial score (nSPS) is 17.9. The molecule has 1 atom stereocenters. The van der Waals surface area contributed by atoms with Crippen LogP contribution in [0.5, 0.6) is 0 Å². The fraction of sp³-hybridized carbons (Fsp3) is 0.533. The maximum atomic E-state index is 13.2. The van der Waals surface area contributed by atoms with Crippen LogP contribution in [-0.4, -0.2) is 18.2 Å². The Morgan fingerprint density at radius 3 is 2.50 bits per heavy atom. The second kappa shape index (κ2) is 7.27. The maximum absolute atomic E-state index is 13.2. The lowest BCUT2D eigenvalue weighted by Gasteiger charge is -2.11. The zero-order valence-corrected chi connectivity index (χ0v) is 12.0. The number of aliphatic imine (C=N–C) groups is 1. The van der Waals surface area contributed by atoms with E-state index >= 15 is 0 Å². The minimum Gasteiger partial charge on any atom is -0.310 e. The van der Waals surface area contributed by atoms with Gasteiger partial charge in [0.1, 0.15) is 11.6 Å². The summed E-state index contributed by atoms with van der Waals surface area (Å²) in [4.78, 5) is 13.0. The largest absolute Gasteiger partial charge is 0.310 e. The molecule has 0 radical (unpaired) electrons. The molecule has 1 N–H and O–H groups in total. The molecule has 110 valence electrons. The molecule has 1 aromatic rings. The lowest BCUT2D eigenvalue weighted by Crippen LogP contribution is -2.14. The molecule has 1 heterocycles. The topological polar surface area (TPSA) is 41.5 Å². The van der Waals surface area contributed by atoms with E-state index in [0.29, 0.717) is 5.56 Å². The highest BCUT2D eigenvalue weighted by atomic mass is 19.1. The average Bonchev–Trinajstić information content (AvgIpc) is 2.85. The van der Waals surface area contributed by atoms with Gasteiger partial charge in [-0.15, -0.1) is 0 Å². The minimum absolute atomic E-state index is 0.00398. The summed E-state index contributed by atoms with van der Waals surface area (Å²) >= 11 is 0. The third kappa shape index (κ3) is 5.59. The van der Waals surface area contributed by atoms with Crippen LogP contribution in [0, 0.1) is 11.6 Å². The predicted octanol–water partition coefficient (Wildman–Crippen LogP) is 3.51. The fourth-order valence-electron chi connectivity index (χ4n) is 1.87. The Hall–Kier alpha value is -1.58. The maximum Gasteiger partial charge on any atom is 0.235 e. The van der Waals surface area contributed by atoms with Crippen LogP contribution in [0.4, 0.5) is 8.78 Å². The van der Waals surface area contributed by atoms with Crippen LogP contribution in [-0.2, 0) is 4.79 Å². The lowest BCUT2D eigenvalue weighted by molar-refractivity contribution is 0.535. The predicted molar refractivity (Wildman–Crippen MR) is 74.2 cm³/mol. The van der Waals surface area contributed by atoms with Crippen LogP contribution in [0.25, 0.3) is 0 Å². The summed E-state index contributed by atoms with van der Waals surface area (Å²) in [5.74, 6) is -0.689. The molecular formula is C15H20F2N2O. The number of hydrogen-bond donors (Lipinski definition) is 1. The summed E-state index contributed by atoms with van der Waals surface area (Å²) in [5, 5.41) is 3.13. The van der Waals surface area contributed by atoms with Crippen LogP contribution >= 0.6 is 0 Å². The third-order valence-corrected chi connectivity index (χ3v) is 2.77. The number of halogens is 2. The van der Waals surface area contributed by atoms with E-state index in [1.165, 1.54) is 18.2 Å². The molecule has 0 aliphatic carbocycles. The summed E-state index contributed by atoms with van der Waals surface area (Å²) in [6, 6.07) is 3.60. The second-order valence-electron chi connectivity index (χ2n) is 5.69. The summed E-state index contributed by atoms with van der Waals surface area (Å²) in [5.41, 5.74) is 0.208. The van der Waals surface area contributed by atoms with Gasteiger partial charge < -0.3 is 5.32 Å². The van der Waals surface area contributed by atoms with E-state index in [4.69, 9.17) is 0 Å². The highest BCUT2D eigenvalue weighted by Gasteiger charge is 2.19. The Morgan fingerprint density at radius 2 is 2.05 bits per heavy atom. The molecule has 1 unspecified atom stereocenters. The first kappa shape index (κ1) is 16.5. The Morgan fingerprint density at radius 1 is 1.35 bits per heavy atom. The molecule has 0 amide bonds. The van der Waals surface area contributed by atoms with E-state index in [1.54, 1.807) is 0 Å². The molecule has 20 heavy (non-hydrogen) atoms. The Labute approximate surface area is 118 Å². The van der Waals surface area contributed by atoms with Crippen molar-refractivity contribution in [1.29, 1.82) is 0 Å². The molecule has 5 heteroatoms. The van der Waals surface area contributed by atoms with Crippen molar-refractivity contribution in [3.05, 3.63) is 35.4 Å². The van der Waals surface area contributed by atoms with Crippen molar-refractivity contribution in [3.63, 3.8) is 0 Å². The molecule has 0 bridgehead atoms. The van der Waals surface area contributed by atoms with Crippen molar-refractivity contribution < 1.29 is 13.6 Å². The van der Waals surface area contributed by atoms with Crippen molar-refractivity contribution in [1.82, 2.24) is 5.32 Å². The second-order valence-corrected chi connectivity index (χ2v) is 5.69. The molecule has 1 aromatic carbocycles. The van der Waals surface area contributed by atoms with Crippen LogP contribution in [0.15, 0.2) is 23.2 Å². The van der Waals surface area contributed by atoms with E-state index in [2.05, 4.69) is 10.3 Å². The fourth-order valence-corrected chi connectivity index (χ4v) is 1.87. The zero-order valence-electron chi connectivity index (χ0n) is 12.0. The third-order valence-electron chi connectivity index (χ3n) is 2.77. The van der Waals surface area contributed by atoms with Gasteiger partial charge in [0.25, 0.3) is 0 Å². The van der Waals surface area contributed by atoms with Crippen LogP contribution in [0.1, 0.15) is 45.2 Å². The van der Waals surface area contributed by atoms with Crippen molar-refractivity contribution in [3.8, 4) is 0 Å². The number of rotatable bonds is 1.